The first-order chi connectivity index (χ1) is 13.0. The lowest BCUT2D eigenvalue weighted by Crippen LogP contribution is -2.41. The zero-order valence-electron chi connectivity index (χ0n) is 15.3. The minimum absolute atomic E-state index is 0.0180. The van der Waals surface area contributed by atoms with Crippen LogP contribution in [0, 0.1) is 6.92 Å². The number of hydrogen-bond acceptors (Lipinski definition) is 6. The Morgan fingerprint density at radius 3 is 2.67 bits per heavy atom. The fourth-order valence-corrected chi connectivity index (χ4v) is 3.11. The summed E-state index contributed by atoms with van der Waals surface area (Å²) in [4.78, 5) is 25.4. The number of ether oxygens (including phenoxy) is 2. The van der Waals surface area contributed by atoms with Gasteiger partial charge < -0.3 is 24.0 Å². The molecule has 1 N–H and O–H groups in total. The second-order valence-corrected chi connectivity index (χ2v) is 6.53. The fraction of sp³-hybridized carbons (Fsp3) is 0.421. The van der Waals surface area contributed by atoms with E-state index >= 15 is 0 Å². The van der Waals surface area contributed by atoms with Crippen molar-refractivity contribution in [2.75, 3.05) is 13.7 Å². The number of amides is 1. The summed E-state index contributed by atoms with van der Waals surface area (Å²) in [7, 11) is 1.60. The lowest BCUT2D eigenvalue weighted by Gasteiger charge is -2.20. The van der Waals surface area contributed by atoms with Crippen LogP contribution in [0.3, 0.4) is 0 Å². The molecular formula is C19H22N2O6. The van der Waals surface area contributed by atoms with E-state index < -0.39 is 12.0 Å². The first kappa shape index (κ1) is 18.9. The molecule has 1 aliphatic heterocycles. The lowest BCUT2D eigenvalue weighted by molar-refractivity contribution is -0.148. The van der Waals surface area contributed by atoms with Crippen molar-refractivity contribution in [3.63, 3.8) is 0 Å². The molecule has 0 spiro atoms. The zero-order valence-corrected chi connectivity index (χ0v) is 15.3. The second kappa shape index (κ2) is 8.22. The quantitative estimate of drug-likeness (QED) is 0.788. The van der Waals surface area contributed by atoms with Gasteiger partial charge >= 0.3 is 5.97 Å². The summed E-state index contributed by atoms with van der Waals surface area (Å²) in [5, 5.41) is 13.2. The Labute approximate surface area is 156 Å². The van der Waals surface area contributed by atoms with Crippen LogP contribution in [0.1, 0.15) is 23.4 Å². The van der Waals surface area contributed by atoms with Gasteiger partial charge in [-0.25, -0.2) is 4.79 Å². The highest BCUT2D eigenvalue weighted by Gasteiger charge is 2.40. The molecule has 144 valence electrons. The van der Waals surface area contributed by atoms with Crippen LogP contribution in [0.2, 0.25) is 0 Å². The molecular weight excluding hydrogens is 352 g/mol. The highest BCUT2D eigenvalue weighted by Crippen LogP contribution is 2.23. The third-order valence-corrected chi connectivity index (χ3v) is 4.52. The average Bonchev–Trinajstić information content (AvgIpc) is 3.26. The van der Waals surface area contributed by atoms with Crippen molar-refractivity contribution in [3.8, 4) is 5.75 Å². The second-order valence-electron chi connectivity index (χ2n) is 6.53. The number of aromatic nitrogens is 1. The summed E-state index contributed by atoms with van der Waals surface area (Å²) in [6, 6.07) is 8.21. The molecule has 3 rings (SSSR count). The molecule has 1 fully saturated rings. The van der Waals surface area contributed by atoms with Gasteiger partial charge in [0.05, 0.1) is 31.9 Å². The highest BCUT2D eigenvalue weighted by molar-refractivity contribution is 5.85. The van der Waals surface area contributed by atoms with Crippen molar-refractivity contribution >= 4 is 11.9 Å². The largest absolute Gasteiger partial charge is 0.497 e. The van der Waals surface area contributed by atoms with E-state index in [1.54, 1.807) is 20.1 Å². The van der Waals surface area contributed by atoms with Crippen molar-refractivity contribution < 1.29 is 28.7 Å². The number of aryl methyl sites for hydroxylation is 1. The molecule has 0 radical (unpaired) electrons. The Balaban J connectivity index is 1.59. The molecule has 8 heteroatoms. The number of benzene rings is 1. The van der Waals surface area contributed by atoms with E-state index in [0.717, 1.165) is 11.3 Å². The molecule has 1 saturated heterocycles. The van der Waals surface area contributed by atoms with Gasteiger partial charge in [0, 0.05) is 19.0 Å². The SMILES string of the molecule is COc1ccc(CO[C@@H]2CC(C(=O)O)N(C(=O)Cc3cc(C)no3)C2)cc1. The number of likely N-dealkylation sites (tertiary alicyclic amines) is 1. The van der Waals surface area contributed by atoms with E-state index in [4.69, 9.17) is 14.0 Å². The number of carboxylic acids is 1. The Morgan fingerprint density at radius 2 is 2.07 bits per heavy atom. The van der Waals surface area contributed by atoms with Crippen LogP contribution in [0.5, 0.6) is 5.75 Å². The highest BCUT2D eigenvalue weighted by atomic mass is 16.5. The van der Waals surface area contributed by atoms with E-state index in [1.165, 1.54) is 4.90 Å². The fourth-order valence-electron chi connectivity index (χ4n) is 3.11. The van der Waals surface area contributed by atoms with Gasteiger partial charge in [-0.1, -0.05) is 17.3 Å². The predicted molar refractivity (Wildman–Crippen MR) is 94.3 cm³/mol. The third kappa shape index (κ3) is 4.65. The molecule has 27 heavy (non-hydrogen) atoms. The number of aliphatic carboxylic acids is 1. The zero-order chi connectivity index (χ0) is 19.4. The maximum atomic E-state index is 12.5. The van der Waals surface area contributed by atoms with Gasteiger partial charge in [-0.3, -0.25) is 4.79 Å². The smallest absolute Gasteiger partial charge is 0.326 e. The number of carbonyl (C=O) groups excluding carboxylic acids is 1. The van der Waals surface area contributed by atoms with Crippen molar-refractivity contribution in [1.29, 1.82) is 0 Å². The number of hydrogen-bond donors (Lipinski definition) is 1. The standard InChI is InChI=1S/C19H22N2O6/c1-12-7-15(27-20-12)9-18(22)21-10-16(8-17(21)19(23)24)26-11-13-3-5-14(25-2)6-4-13/h3-7,16-17H,8-11H2,1-2H3,(H,23,24)/t16-,17?/m1/s1. The van der Waals surface area contributed by atoms with Crippen molar-refractivity contribution in [2.24, 2.45) is 0 Å². The van der Waals surface area contributed by atoms with Crippen LogP contribution in [0.25, 0.3) is 0 Å². The summed E-state index contributed by atoms with van der Waals surface area (Å²) in [5.41, 5.74) is 1.62. The van der Waals surface area contributed by atoms with Gasteiger partial charge in [-0.05, 0) is 24.6 Å². The topological polar surface area (TPSA) is 102 Å². The first-order valence-electron chi connectivity index (χ1n) is 8.65. The van der Waals surface area contributed by atoms with Crippen LogP contribution in [0.15, 0.2) is 34.9 Å². The van der Waals surface area contributed by atoms with Gasteiger partial charge in [-0.2, -0.15) is 0 Å². The Morgan fingerprint density at radius 1 is 1.33 bits per heavy atom. The van der Waals surface area contributed by atoms with Gasteiger partial charge in [-0.15, -0.1) is 0 Å². The third-order valence-electron chi connectivity index (χ3n) is 4.52. The molecule has 2 heterocycles. The normalized spacial score (nSPS) is 19.3. The minimum atomic E-state index is -1.03. The molecule has 8 nitrogen and oxygen atoms in total. The van der Waals surface area contributed by atoms with E-state index in [-0.39, 0.29) is 31.4 Å². The van der Waals surface area contributed by atoms with E-state index in [0.29, 0.717) is 18.1 Å². The molecule has 1 aromatic heterocycles. The minimum Gasteiger partial charge on any atom is -0.497 e. The molecule has 2 aromatic rings. The number of carboxylic acid groups (broad SMARTS) is 1. The van der Waals surface area contributed by atoms with E-state index in [9.17, 15) is 14.7 Å². The van der Waals surface area contributed by atoms with E-state index in [2.05, 4.69) is 5.16 Å². The summed E-state index contributed by atoms with van der Waals surface area (Å²) < 4.78 is 16.0. The first-order valence-corrected chi connectivity index (χ1v) is 8.65. The summed E-state index contributed by atoms with van der Waals surface area (Å²) in [6.07, 6.45) is -0.101. The molecule has 0 bridgehead atoms. The van der Waals surface area contributed by atoms with Gasteiger partial charge in [0.25, 0.3) is 0 Å². The average molecular weight is 374 g/mol. The summed E-state index contributed by atoms with van der Waals surface area (Å²) in [5.74, 6) is -0.170. The summed E-state index contributed by atoms with van der Waals surface area (Å²) in [6.45, 7) is 2.33. The van der Waals surface area contributed by atoms with Gasteiger partial charge in [0.15, 0.2) is 0 Å². The molecule has 2 atom stereocenters. The molecule has 1 unspecified atom stereocenters. The van der Waals surface area contributed by atoms with Gasteiger partial charge in [0.1, 0.15) is 17.6 Å². The van der Waals surface area contributed by atoms with Gasteiger partial charge in [0.2, 0.25) is 5.91 Å². The van der Waals surface area contributed by atoms with Crippen molar-refractivity contribution in [2.45, 2.75) is 38.5 Å². The number of carbonyl (C=O) groups is 2. The number of nitrogens with zero attached hydrogens (tertiary/aromatic N) is 2. The lowest BCUT2D eigenvalue weighted by atomic mass is 10.2. The van der Waals surface area contributed by atoms with Crippen LogP contribution >= 0.6 is 0 Å². The van der Waals surface area contributed by atoms with Crippen LogP contribution in [-0.2, 0) is 27.4 Å². The molecule has 1 amide bonds. The van der Waals surface area contributed by atoms with Crippen molar-refractivity contribution in [1.82, 2.24) is 10.1 Å². The molecule has 0 saturated carbocycles. The van der Waals surface area contributed by atoms with E-state index in [1.807, 2.05) is 24.3 Å². The van der Waals surface area contributed by atoms with Crippen LogP contribution < -0.4 is 4.74 Å². The van der Waals surface area contributed by atoms with Crippen LogP contribution in [-0.4, -0.2) is 52.8 Å². The maximum absolute atomic E-state index is 12.5. The summed E-state index contributed by atoms with van der Waals surface area (Å²) >= 11 is 0. The molecule has 1 aromatic carbocycles. The monoisotopic (exact) mass is 374 g/mol. The Hall–Kier alpha value is -2.87. The molecule has 1 aliphatic rings. The van der Waals surface area contributed by atoms with Crippen LogP contribution in [0.4, 0.5) is 0 Å². The Bertz CT molecular complexity index is 801. The van der Waals surface area contributed by atoms with Crippen molar-refractivity contribution in [3.05, 3.63) is 47.3 Å². The number of rotatable bonds is 7. The number of methoxy groups -OCH3 is 1. The maximum Gasteiger partial charge on any atom is 0.326 e. The predicted octanol–water partition coefficient (Wildman–Crippen LogP) is 1.81. The molecule has 0 aliphatic carbocycles. The Kier molecular flexibility index (Phi) is 5.75.